The monoisotopic (exact) mass is 284 g/mol. The van der Waals surface area contributed by atoms with Crippen molar-refractivity contribution in [1.29, 1.82) is 0 Å². The van der Waals surface area contributed by atoms with Crippen LogP contribution < -0.4 is 15.8 Å². The molecule has 0 aromatic heterocycles. The summed E-state index contributed by atoms with van der Waals surface area (Å²) in [6, 6.07) is 12.9. The van der Waals surface area contributed by atoms with Gasteiger partial charge < -0.3 is 15.8 Å². The third-order valence-corrected chi connectivity index (χ3v) is 3.45. The molecule has 2 rings (SSSR count). The van der Waals surface area contributed by atoms with Crippen molar-refractivity contribution in [3.8, 4) is 5.75 Å². The summed E-state index contributed by atoms with van der Waals surface area (Å²) in [5, 5.41) is 2.89. The Morgan fingerprint density at radius 2 is 1.86 bits per heavy atom. The van der Waals surface area contributed by atoms with Crippen LogP contribution in [-0.2, 0) is 4.79 Å². The number of benzene rings is 2. The fourth-order valence-electron chi connectivity index (χ4n) is 1.95. The Kier molecular flexibility index (Phi) is 4.48. The number of nitrogens with one attached hydrogen (secondary N) is 1. The van der Waals surface area contributed by atoms with Gasteiger partial charge in [0.25, 0.3) is 5.91 Å². The lowest BCUT2D eigenvalue weighted by molar-refractivity contribution is -0.122. The Morgan fingerprint density at radius 1 is 1.14 bits per heavy atom. The molecule has 1 unspecified atom stereocenters. The lowest BCUT2D eigenvalue weighted by Gasteiger charge is -2.17. The van der Waals surface area contributed by atoms with Gasteiger partial charge in [-0.2, -0.15) is 0 Å². The normalized spacial score (nSPS) is 11.8. The highest BCUT2D eigenvalue weighted by Crippen LogP contribution is 2.22. The molecular weight excluding hydrogens is 264 g/mol. The summed E-state index contributed by atoms with van der Waals surface area (Å²) < 4.78 is 5.61. The van der Waals surface area contributed by atoms with Gasteiger partial charge in [-0.05, 0) is 50.1 Å². The van der Waals surface area contributed by atoms with Gasteiger partial charge in [0.2, 0.25) is 0 Å². The van der Waals surface area contributed by atoms with Crippen LogP contribution in [0.4, 0.5) is 11.4 Å². The van der Waals surface area contributed by atoms with E-state index in [4.69, 9.17) is 10.5 Å². The zero-order chi connectivity index (χ0) is 15.4. The van der Waals surface area contributed by atoms with Gasteiger partial charge in [0.1, 0.15) is 5.75 Å². The van der Waals surface area contributed by atoms with Crippen LogP contribution in [0.5, 0.6) is 5.75 Å². The minimum Gasteiger partial charge on any atom is -0.479 e. The van der Waals surface area contributed by atoms with Gasteiger partial charge in [0, 0.05) is 5.69 Å². The van der Waals surface area contributed by atoms with Gasteiger partial charge in [0.05, 0.1) is 5.69 Å². The standard InChI is InChI=1S/C17H20N2O2/c1-11-7-6-9-15(12(11)2)19-17(20)13(3)21-16-10-5-4-8-14(16)18/h4-10,13H,18H2,1-3H3,(H,19,20). The molecule has 4 heteroatoms. The molecule has 0 aliphatic carbocycles. The van der Waals surface area contributed by atoms with Crippen LogP contribution in [-0.4, -0.2) is 12.0 Å². The van der Waals surface area contributed by atoms with E-state index in [0.717, 1.165) is 16.8 Å². The van der Waals surface area contributed by atoms with Crippen molar-refractivity contribution < 1.29 is 9.53 Å². The SMILES string of the molecule is Cc1cccc(NC(=O)C(C)Oc2ccccc2N)c1C. The molecule has 3 N–H and O–H groups in total. The van der Waals surface area contributed by atoms with Crippen molar-refractivity contribution >= 4 is 17.3 Å². The molecule has 21 heavy (non-hydrogen) atoms. The molecule has 1 amide bonds. The number of amides is 1. The zero-order valence-electron chi connectivity index (χ0n) is 12.5. The first-order chi connectivity index (χ1) is 9.99. The smallest absolute Gasteiger partial charge is 0.265 e. The van der Waals surface area contributed by atoms with Crippen molar-refractivity contribution in [2.24, 2.45) is 0 Å². The molecule has 2 aromatic carbocycles. The Bertz CT molecular complexity index is 653. The van der Waals surface area contributed by atoms with E-state index in [1.807, 2.05) is 44.2 Å². The van der Waals surface area contributed by atoms with E-state index < -0.39 is 6.10 Å². The van der Waals surface area contributed by atoms with Crippen molar-refractivity contribution in [3.05, 3.63) is 53.6 Å². The molecule has 2 aromatic rings. The maximum atomic E-state index is 12.2. The van der Waals surface area contributed by atoms with Crippen LogP contribution in [0.2, 0.25) is 0 Å². The van der Waals surface area contributed by atoms with Crippen molar-refractivity contribution in [2.45, 2.75) is 26.9 Å². The number of anilines is 2. The van der Waals surface area contributed by atoms with Crippen molar-refractivity contribution in [1.82, 2.24) is 0 Å². The van der Waals surface area contributed by atoms with E-state index in [-0.39, 0.29) is 5.91 Å². The fourth-order valence-corrected chi connectivity index (χ4v) is 1.95. The third kappa shape index (κ3) is 3.54. The van der Waals surface area contributed by atoms with Crippen LogP contribution in [0.3, 0.4) is 0 Å². The molecule has 0 aliphatic rings. The number of aryl methyl sites for hydroxylation is 1. The molecule has 1 atom stereocenters. The van der Waals surface area contributed by atoms with Crippen LogP contribution in [0.15, 0.2) is 42.5 Å². The first kappa shape index (κ1) is 14.9. The number of nitrogen functional groups attached to an aromatic ring is 1. The molecule has 4 nitrogen and oxygen atoms in total. The molecule has 0 spiro atoms. The highest BCUT2D eigenvalue weighted by Gasteiger charge is 2.16. The van der Waals surface area contributed by atoms with Crippen LogP contribution in [0, 0.1) is 13.8 Å². The maximum absolute atomic E-state index is 12.2. The molecule has 0 radical (unpaired) electrons. The van der Waals surface area contributed by atoms with E-state index in [9.17, 15) is 4.79 Å². The van der Waals surface area contributed by atoms with Crippen LogP contribution >= 0.6 is 0 Å². The van der Waals surface area contributed by atoms with Gasteiger partial charge in [-0.3, -0.25) is 4.79 Å². The lowest BCUT2D eigenvalue weighted by atomic mass is 10.1. The second-order valence-corrected chi connectivity index (χ2v) is 5.03. The second kappa shape index (κ2) is 6.31. The second-order valence-electron chi connectivity index (χ2n) is 5.03. The quantitative estimate of drug-likeness (QED) is 0.847. The zero-order valence-corrected chi connectivity index (χ0v) is 12.5. The summed E-state index contributed by atoms with van der Waals surface area (Å²) in [5.74, 6) is 0.313. The van der Waals surface area contributed by atoms with E-state index in [1.54, 1.807) is 19.1 Å². The van der Waals surface area contributed by atoms with Gasteiger partial charge in [-0.25, -0.2) is 0 Å². The maximum Gasteiger partial charge on any atom is 0.265 e. The number of carbonyl (C=O) groups is 1. The summed E-state index contributed by atoms with van der Waals surface area (Å²) in [7, 11) is 0. The van der Waals surface area contributed by atoms with E-state index in [2.05, 4.69) is 5.32 Å². The highest BCUT2D eigenvalue weighted by molar-refractivity contribution is 5.95. The van der Waals surface area contributed by atoms with Crippen LogP contribution in [0.25, 0.3) is 0 Å². The molecular formula is C17H20N2O2. The van der Waals surface area contributed by atoms with Gasteiger partial charge in [-0.15, -0.1) is 0 Å². The Labute approximate surface area is 124 Å². The number of hydrogen-bond acceptors (Lipinski definition) is 3. The Hall–Kier alpha value is -2.49. The van der Waals surface area contributed by atoms with Crippen molar-refractivity contribution in [3.63, 3.8) is 0 Å². The summed E-state index contributed by atoms with van der Waals surface area (Å²) in [6.07, 6.45) is -0.630. The number of hydrogen-bond donors (Lipinski definition) is 2. The van der Waals surface area contributed by atoms with Crippen LogP contribution in [0.1, 0.15) is 18.1 Å². The number of rotatable bonds is 4. The molecule has 0 bridgehead atoms. The number of ether oxygens (including phenoxy) is 1. The molecule has 0 saturated carbocycles. The number of carbonyl (C=O) groups excluding carboxylic acids is 1. The highest BCUT2D eigenvalue weighted by atomic mass is 16.5. The first-order valence-corrected chi connectivity index (χ1v) is 6.87. The minimum absolute atomic E-state index is 0.202. The fraction of sp³-hybridized carbons (Fsp3) is 0.235. The third-order valence-electron chi connectivity index (χ3n) is 3.45. The van der Waals surface area contributed by atoms with E-state index in [0.29, 0.717) is 11.4 Å². The average Bonchev–Trinajstić information content (AvgIpc) is 2.46. The molecule has 0 aliphatic heterocycles. The number of para-hydroxylation sites is 2. The summed E-state index contributed by atoms with van der Waals surface area (Å²) in [6.45, 7) is 5.69. The molecule has 0 fully saturated rings. The molecule has 0 saturated heterocycles. The predicted octanol–water partition coefficient (Wildman–Crippen LogP) is 3.29. The van der Waals surface area contributed by atoms with Gasteiger partial charge in [-0.1, -0.05) is 24.3 Å². The van der Waals surface area contributed by atoms with Crippen molar-refractivity contribution in [2.75, 3.05) is 11.1 Å². The predicted molar refractivity (Wildman–Crippen MR) is 85.5 cm³/mol. The lowest BCUT2D eigenvalue weighted by Crippen LogP contribution is -2.30. The van der Waals surface area contributed by atoms with Gasteiger partial charge in [0.15, 0.2) is 6.10 Å². The Balaban J connectivity index is 2.06. The topological polar surface area (TPSA) is 64.3 Å². The van der Waals surface area contributed by atoms with Gasteiger partial charge >= 0.3 is 0 Å². The average molecular weight is 284 g/mol. The van der Waals surface area contributed by atoms with E-state index in [1.165, 1.54) is 0 Å². The Morgan fingerprint density at radius 3 is 2.57 bits per heavy atom. The largest absolute Gasteiger partial charge is 0.479 e. The molecule has 110 valence electrons. The minimum atomic E-state index is -0.630. The first-order valence-electron chi connectivity index (χ1n) is 6.87. The summed E-state index contributed by atoms with van der Waals surface area (Å²) in [4.78, 5) is 12.2. The number of nitrogens with two attached hydrogens (primary N) is 1. The summed E-state index contributed by atoms with van der Waals surface area (Å²) >= 11 is 0. The molecule has 0 heterocycles. The van der Waals surface area contributed by atoms with E-state index >= 15 is 0 Å². The summed E-state index contributed by atoms with van der Waals surface area (Å²) in [5.41, 5.74) is 9.31.